The van der Waals surface area contributed by atoms with Gasteiger partial charge in [-0.15, -0.1) is 11.8 Å². The number of aliphatic carboxylic acids is 1. The average Bonchev–Trinajstić information content (AvgIpc) is 3.35. The zero-order chi connectivity index (χ0) is 33.1. The third-order valence-electron chi connectivity index (χ3n) is 9.74. The molecule has 11 heteroatoms. The molecule has 3 aliphatic rings. The Morgan fingerprint density at radius 1 is 1.04 bits per heavy atom. The summed E-state index contributed by atoms with van der Waals surface area (Å²) in [6.07, 6.45) is 9.92. The molecule has 1 aliphatic carbocycles. The fraction of sp³-hybridized carbons (Fsp3) is 0.444. The van der Waals surface area contributed by atoms with Gasteiger partial charge in [-0.3, -0.25) is 19.3 Å². The number of likely N-dealkylation sites (N-methyl/N-ethyl adjacent to an activating group) is 1. The smallest absolute Gasteiger partial charge is 0.325 e. The number of thioether (sulfide) groups is 1. The molecule has 0 radical (unpaired) electrons. The minimum atomic E-state index is -0.875. The van der Waals surface area contributed by atoms with E-state index in [1.807, 2.05) is 30.0 Å². The van der Waals surface area contributed by atoms with Gasteiger partial charge >= 0.3 is 5.97 Å². The number of rotatable bonds is 9. The Morgan fingerprint density at radius 2 is 1.79 bits per heavy atom. The fourth-order valence-electron chi connectivity index (χ4n) is 6.95. The molecule has 2 aromatic carbocycles. The summed E-state index contributed by atoms with van der Waals surface area (Å²) in [6, 6.07) is 12.2. The van der Waals surface area contributed by atoms with Gasteiger partial charge in [0.25, 0.3) is 11.5 Å². The molecular formula is C36H44N6O4S. The maximum atomic E-state index is 13.3. The van der Waals surface area contributed by atoms with Crippen LogP contribution in [0.15, 0.2) is 64.4 Å². The highest BCUT2D eigenvalue weighted by molar-refractivity contribution is 8.04. The Balaban J connectivity index is 1.19. The first kappa shape index (κ1) is 33.0. The molecule has 1 amide bonds. The highest BCUT2D eigenvalue weighted by Crippen LogP contribution is 2.44. The van der Waals surface area contributed by atoms with Crippen LogP contribution < -0.4 is 16.2 Å². The van der Waals surface area contributed by atoms with E-state index >= 15 is 0 Å². The van der Waals surface area contributed by atoms with E-state index in [-0.39, 0.29) is 17.3 Å². The van der Waals surface area contributed by atoms with Crippen molar-refractivity contribution in [2.75, 3.05) is 43.4 Å². The van der Waals surface area contributed by atoms with E-state index in [4.69, 9.17) is 4.98 Å². The van der Waals surface area contributed by atoms with Gasteiger partial charge in [-0.1, -0.05) is 56.5 Å². The van der Waals surface area contributed by atoms with Gasteiger partial charge in [0.15, 0.2) is 5.82 Å². The van der Waals surface area contributed by atoms with Gasteiger partial charge < -0.3 is 25.2 Å². The molecular weight excluding hydrogens is 613 g/mol. The van der Waals surface area contributed by atoms with Crippen LogP contribution in [-0.4, -0.2) is 74.3 Å². The summed E-state index contributed by atoms with van der Waals surface area (Å²) in [4.78, 5) is 48.6. The number of hydrogen-bond acceptors (Lipinski definition) is 8. The SMILES string of the molecule is CCN1CCN(C(C(=O)O)c2ccc(Nc3nc(-c4cccc(NC(=O)C5=CC6CCCCCC6S5)c4C)cn(C)c3=O)cc2)CC1. The second-order valence-corrected chi connectivity index (χ2v) is 14.1. The van der Waals surface area contributed by atoms with Crippen molar-refractivity contribution in [3.63, 3.8) is 0 Å². The van der Waals surface area contributed by atoms with Crippen LogP contribution in [0.5, 0.6) is 0 Å². The highest BCUT2D eigenvalue weighted by Gasteiger charge is 2.33. The van der Waals surface area contributed by atoms with E-state index in [0.717, 1.165) is 48.5 Å². The number of fused-ring (bicyclic) bond motifs is 1. The van der Waals surface area contributed by atoms with Crippen LogP contribution in [-0.2, 0) is 16.6 Å². The Labute approximate surface area is 280 Å². The van der Waals surface area contributed by atoms with Crippen molar-refractivity contribution < 1.29 is 14.7 Å². The van der Waals surface area contributed by atoms with E-state index < -0.39 is 12.0 Å². The number of hydrogen-bond donors (Lipinski definition) is 3. The van der Waals surface area contributed by atoms with Crippen LogP contribution in [0.25, 0.3) is 11.3 Å². The summed E-state index contributed by atoms with van der Waals surface area (Å²) in [7, 11) is 1.68. The number of amides is 1. The van der Waals surface area contributed by atoms with Gasteiger partial charge in [0.1, 0.15) is 6.04 Å². The third-order valence-corrected chi connectivity index (χ3v) is 11.2. The van der Waals surface area contributed by atoms with E-state index in [2.05, 4.69) is 28.5 Å². The standard InChI is InChI=1S/C36H44N6O4S/c1-4-41-17-19-42(20-18-41)32(36(45)46)24-13-15-26(16-14-24)37-33-35(44)40(3)22-29(38-33)27-10-8-11-28(23(27)2)39-34(43)31-21-25-9-6-5-7-12-30(25)47-31/h8,10-11,13-16,21-22,25,30,32H,4-7,9,12,17-20H2,1-3H3,(H,37,38)(H,39,43)(H,45,46). The van der Waals surface area contributed by atoms with Crippen molar-refractivity contribution in [2.45, 2.75) is 57.2 Å². The summed E-state index contributed by atoms with van der Waals surface area (Å²) < 4.78 is 1.49. The molecule has 1 aromatic heterocycles. The molecule has 3 N–H and O–H groups in total. The first-order valence-corrected chi connectivity index (χ1v) is 17.5. The van der Waals surface area contributed by atoms with E-state index in [1.54, 1.807) is 49.3 Å². The fourth-order valence-corrected chi connectivity index (χ4v) is 8.36. The number of anilines is 3. The number of aryl methyl sites for hydroxylation is 1. The minimum Gasteiger partial charge on any atom is -0.480 e. The van der Waals surface area contributed by atoms with E-state index in [9.17, 15) is 19.5 Å². The van der Waals surface area contributed by atoms with Gasteiger partial charge in [-0.25, -0.2) is 4.98 Å². The maximum Gasteiger partial charge on any atom is 0.325 e. The number of piperazine rings is 1. The van der Waals surface area contributed by atoms with Crippen molar-refractivity contribution in [3.8, 4) is 11.3 Å². The number of allylic oxidation sites excluding steroid dienone is 1. The number of nitrogens with zero attached hydrogens (tertiary/aromatic N) is 4. The molecule has 1 saturated heterocycles. The number of carboxylic acid groups (broad SMARTS) is 1. The molecule has 1 saturated carbocycles. The van der Waals surface area contributed by atoms with Crippen LogP contribution in [0, 0.1) is 12.8 Å². The summed E-state index contributed by atoms with van der Waals surface area (Å²) in [5, 5.41) is 16.8. The molecule has 3 heterocycles. The zero-order valence-electron chi connectivity index (χ0n) is 27.4. The normalized spacial score (nSPS) is 21.0. The average molecular weight is 657 g/mol. The largest absolute Gasteiger partial charge is 0.480 e. The van der Waals surface area contributed by atoms with Crippen LogP contribution in [0.1, 0.15) is 56.2 Å². The summed E-state index contributed by atoms with van der Waals surface area (Å²) in [5.41, 5.74) is 4.01. The van der Waals surface area contributed by atoms with Crippen LogP contribution in [0.3, 0.4) is 0 Å². The molecule has 0 spiro atoms. The number of carboxylic acids is 1. The van der Waals surface area contributed by atoms with Crippen molar-refractivity contribution in [3.05, 3.63) is 81.1 Å². The predicted molar refractivity (Wildman–Crippen MR) is 188 cm³/mol. The first-order valence-electron chi connectivity index (χ1n) is 16.7. The molecule has 2 aliphatic heterocycles. The molecule has 10 nitrogen and oxygen atoms in total. The van der Waals surface area contributed by atoms with Crippen LogP contribution >= 0.6 is 11.8 Å². The number of benzene rings is 2. The topological polar surface area (TPSA) is 120 Å². The molecule has 248 valence electrons. The molecule has 0 bridgehead atoms. The Bertz CT molecular complexity index is 1710. The van der Waals surface area contributed by atoms with E-state index in [1.165, 1.54) is 23.8 Å². The lowest BCUT2D eigenvalue weighted by Crippen LogP contribution is -2.49. The van der Waals surface area contributed by atoms with Gasteiger partial charge in [0.2, 0.25) is 0 Å². The molecule has 2 fully saturated rings. The summed E-state index contributed by atoms with van der Waals surface area (Å²) >= 11 is 1.72. The lowest BCUT2D eigenvalue weighted by molar-refractivity contribution is -0.144. The third kappa shape index (κ3) is 7.32. The zero-order valence-corrected chi connectivity index (χ0v) is 28.2. The van der Waals surface area contributed by atoms with Gasteiger partial charge in [-0.2, -0.15) is 0 Å². The minimum absolute atomic E-state index is 0.0732. The number of carbonyl (C=O) groups is 2. The first-order chi connectivity index (χ1) is 22.7. The summed E-state index contributed by atoms with van der Waals surface area (Å²) in [6.45, 7) is 8.10. The van der Waals surface area contributed by atoms with Crippen LogP contribution in [0.2, 0.25) is 0 Å². The second kappa shape index (κ2) is 14.5. The molecule has 3 atom stereocenters. The Hall–Kier alpha value is -3.93. The second-order valence-electron chi connectivity index (χ2n) is 12.8. The predicted octanol–water partition coefficient (Wildman–Crippen LogP) is 5.78. The Kier molecular flexibility index (Phi) is 10.1. The number of aromatic nitrogens is 2. The number of nitrogens with one attached hydrogen (secondary N) is 2. The van der Waals surface area contributed by atoms with Crippen molar-refractivity contribution in [2.24, 2.45) is 13.0 Å². The lowest BCUT2D eigenvalue weighted by atomic mass is 9.99. The van der Waals surface area contributed by atoms with Crippen molar-refractivity contribution >= 4 is 40.8 Å². The maximum absolute atomic E-state index is 13.3. The van der Waals surface area contributed by atoms with Gasteiger partial charge in [-0.05, 0) is 61.6 Å². The van der Waals surface area contributed by atoms with Crippen LogP contribution in [0.4, 0.5) is 17.2 Å². The van der Waals surface area contributed by atoms with Gasteiger partial charge in [0.05, 0.1) is 10.6 Å². The molecule has 6 rings (SSSR count). The van der Waals surface area contributed by atoms with E-state index in [0.29, 0.717) is 46.9 Å². The molecule has 3 aromatic rings. The lowest BCUT2D eigenvalue weighted by Gasteiger charge is -2.37. The van der Waals surface area contributed by atoms with Crippen molar-refractivity contribution in [1.82, 2.24) is 19.4 Å². The molecule has 3 unspecified atom stereocenters. The van der Waals surface area contributed by atoms with Gasteiger partial charge in [0, 0.05) is 61.6 Å². The van der Waals surface area contributed by atoms with Crippen molar-refractivity contribution in [1.29, 1.82) is 0 Å². The molecule has 47 heavy (non-hydrogen) atoms. The number of carbonyl (C=O) groups excluding carboxylic acids is 1. The monoisotopic (exact) mass is 656 g/mol. The quantitative estimate of drug-likeness (QED) is 0.263. The Morgan fingerprint density at radius 3 is 2.51 bits per heavy atom. The summed E-state index contributed by atoms with van der Waals surface area (Å²) in [5.74, 6) is -0.313. The highest BCUT2D eigenvalue weighted by atomic mass is 32.2.